The first kappa shape index (κ1) is 56.3. The number of hydrogen-bond donors (Lipinski definition) is 6. The molecule has 1 aliphatic carbocycles. The topological polar surface area (TPSA) is 278 Å². The molecule has 388 valence electrons. The lowest BCUT2D eigenvalue weighted by Crippen LogP contribution is -2.70. The van der Waals surface area contributed by atoms with Crippen molar-refractivity contribution in [2.24, 2.45) is 5.73 Å². The van der Waals surface area contributed by atoms with Gasteiger partial charge >= 0.3 is 24.4 Å². The predicted octanol–water partition coefficient (Wildman–Crippen LogP) is 3.23. The Morgan fingerprint density at radius 2 is 1.21 bits per heavy atom. The van der Waals surface area contributed by atoms with Crippen LogP contribution in [0.5, 0.6) is 0 Å². The van der Waals surface area contributed by atoms with Gasteiger partial charge in [0.1, 0.15) is 58.5 Å². The van der Waals surface area contributed by atoms with E-state index in [0.29, 0.717) is 6.42 Å². The molecule has 0 aromatic rings. The quantitative estimate of drug-likeness (QED) is 0.162. The Labute approximate surface area is 395 Å². The molecule has 22 nitrogen and oxygen atoms in total. The zero-order chi connectivity index (χ0) is 50.8. The molecular weight excluding hydrogens is 883 g/mol. The minimum absolute atomic E-state index is 0.00275. The summed E-state index contributed by atoms with van der Waals surface area (Å²) >= 11 is 0. The van der Waals surface area contributed by atoms with Crippen molar-refractivity contribution in [1.82, 2.24) is 20.4 Å². The number of amides is 4. The summed E-state index contributed by atoms with van der Waals surface area (Å²) in [7, 11) is 1.36. The lowest BCUT2D eigenvalue weighted by Gasteiger charge is -2.50. The third-order valence-corrected chi connectivity index (χ3v) is 10.9. The molecule has 13 unspecified atom stereocenters. The maximum Gasteiger partial charge on any atom is 0.410 e. The number of likely N-dealkylation sites (N-methyl/N-ethyl adjacent to an activating group) is 1. The average molecular weight is 964 g/mol. The Balaban J connectivity index is 1.68. The Morgan fingerprint density at radius 1 is 0.701 bits per heavy atom. The lowest BCUT2D eigenvalue weighted by molar-refractivity contribution is -0.314. The van der Waals surface area contributed by atoms with Gasteiger partial charge in [0.2, 0.25) is 0 Å². The van der Waals surface area contributed by atoms with E-state index in [-0.39, 0.29) is 32.5 Å². The second-order valence-corrected chi connectivity index (χ2v) is 22.7. The smallest absolute Gasteiger partial charge is 0.410 e. The van der Waals surface area contributed by atoms with E-state index in [9.17, 15) is 34.5 Å². The Kier molecular flexibility index (Phi) is 17.9. The Bertz CT molecular complexity index is 1690. The molecule has 0 radical (unpaired) electrons. The first-order chi connectivity index (χ1) is 30.4. The van der Waals surface area contributed by atoms with Crippen LogP contribution in [0.2, 0.25) is 0 Å². The van der Waals surface area contributed by atoms with E-state index in [2.05, 4.69) is 10.6 Å². The number of aliphatic hydroxyl groups is 3. The molecule has 0 bridgehead atoms. The Hall–Kier alpha value is -3.32. The zero-order valence-electron chi connectivity index (χ0n) is 42.4. The number of ether oxygens (including phenoxy) is 10. The molecule has 1 saturated carbocycles. The molecule has 4 amide bonds. The minimum Gasteiger partial charge on any atom is -0.444 e. The van der Waals surface area contributed by atoms with Crippen LogP contribution in [-0.4, -0.2) is 190 Å². The summed E-state index contributed by atoms with van der Waals surface area (Å²) in [4.78, 5) is 56.0. The number of nitrogens with one attached hydrogen (secondary N) is 2. The van der Waals surface area contributed by atoms with Crippen molar-refractivity contribution in [2.75, 3.05) is 33.4 Å². The third-order valence-electron chi connectivity index (χ3n) is 10.9. The Morgan fingerprint density at radius 3 is 1.73 bits per heavy atom. The molecule has 0 aromatic carbocycles. The summed E-state index contributed by atoms with van der Waals surface area (Å²) in [6.45, 7) is 25.3. The fraction of sp³-hybridized carbons (Fsp3) is 0.911. The number of aliphatic hydroxyl groups excluding tert-OH is 2. The van der Waals surface area contributed by atoms with Crippen LogP contribution in [0.1, 0.15) is 123 Å². The molecule has 4 rings (SSSR count). The number of nitrogens with zero attached hydrogens (tertiary/aromatic N) is 2. The van der Waals surface area contributed by atoms with Crippen LogP contribution < -0.4 is 16.4 Å². The van der Waals surface area contributed by atoms with E-state index < -0.39 is 138 Å². The van der Waals surface area contributed by atoms with Crippen molar-refractivity contribution in [1.29, 1.82) is 0 Å². The minimum atomic E-state index is -1.77. The highest BCUT2D eigenvalue weighted by atomic mass is 16.7. The van der Waals surface area contributed by atoms with Gasteiger partial charge in [0.05, 0.1) is 50.5 Å². The zero-order valence-corrected chi connectivity index (χ0v) is 42.4. The molecule has 22 heteroatoms. The molecule has 7 N–H and O–H groups in total. The molecule has 3 aliphatic heterocycles. The fourth-order valence-corrected chi connectivity index (χ4v) is 8.28. The molecule has 3 saturated heterocycles. The van der Waals surface area contributed by atoms with Gasteiger partial charge in [-0.3, -0.25) is 0 Å². The highest BCUT2D eigenvalue weighted by Crippen LogP contribution is 2.35. The van der Waals surface area contributed by atoms with Gasteiger partial charge in [-0.15, -0.1) is 0 Å². The van der Waals surface area contributed by atoms with Crippen LogP contribution in [0.15, 0.2) is 0 Å². The van der Waals surface area contributed by atoms with E-state index in [0.717, 1.165) is 4.90 Å². The molecule has 0 spiro atoms. The van der Waals surface area contributed by atoms with Gasteiger partial charge < -0.3 is 88.9 Å². The molecule has 4 aliphatic rings. The average Bonchev–Trinajstić information content (AvgIpc) is 3.47. The summed E-state index contributed by atoms with van der Waals surface area (Å²) in [6, 6.07) is -4.30. The molecule has 3 heterocycles. The number of nitrogens with two attached hydrogens (primary N) is 1. The fourth-order valence-electron chi connectivity index (χ4n) is 8.28. The van der Waals surface area contributed by atoms with Crippen molar-refractivity contribution >= 4 is 24.4 Å². The van der Waals surface area contributed by atoms with Crippen LogP contribution in [0.3, 0.4) is 0 Å². The summed E-state index contributed by atoms with van der Waals surface area (Å²) in [5.74, 6) is -0.862. The largest absolute Gasteiger partial charge is 0.444 e. The number of rotatable bonds is 11. The number of carbonyl (C=O) groups excluding carboxylic acids is 4. The summed E-state index contributed by atoms with van der Waals surface area (Å²) in [6.07, 6.45) is -12.9. The van der Waals surface area contributed by atoms with E-state index in [4.69, 9.17) is 53.1 Å². The maximum absolute atomic E-state index is 13.7. The number of alkyl carbamates (subject to hydrolysis) is 2. The maximum atomic E-state index is 13.7. The third kappa shape index (κ3) is 17.0. The van der Waals surface area contributed by atoms with Gasteiger partial charge in [-0.2, -0.15) is 0 Å². The second kappa shape index (κ2) is 21.4. The molecule has 0 aromatic heterocycles. The molecule has 67 heavy (non-hydrogen) atoms. The van der Waals surface area contributed by atoms with Gasteiger partial charge in [0.15, 0.2) is 18.4 Å². The van der Waals surface area contributed by atoms with Gasteiger partial charge in [0, 0.05) is 13.1 Å². The van der Waals surface area contributed by atoms with E-state index in [1.54, 1.807) is 96.9 Å². The summed E-state index contributed by atoms with van der Waals surface area (Å²) < 4.78 is 59.6. The van der Waals surface area contributed by atoms with Crippen LogP contribution >= 0.6 is 0 Å². The molecular formula is C45H81N5O17. The first-order valence-electron chi connectivity index (χ1n) is 23.1. The van der Waals surface area contributed by atoms with Crippen molar-refractivity contribution in [3.05, 3.63) is 0 Å². The SMILES string of the molecule is CN(C(=O)OC(C)(C)C)C1C(O)C(OC2C(N)CC(NC(=O)OC(C)(C)C)C(OC3OC(CN(CC4COC(C)(C)O4)C(=O)OC(C)(C)C)CCC3NC(=O)OC(C)(C)C)C2O)OCC1(C)O. The van der Waals surface area contributed by atoms with Crippen LogP contribution in [0, 0.1) is 0 Å². The normalized spacial score (nSPS) is 33.8. The van der Waals surface area contributed by atoms with Gasteiger partial charge in [0.25, 0.3) is 0 Å². The second-order valence-electron chi connectivity index (χ2n) is 22.7. The van der Waals surface area contributed by atoms with E-state index in [1.807, 2.05) is 0 Å². The van der Waals surface area contributed by atoms with Crippen molar-refractivity contribution in [2.45, 2.75) is 230 Å². The van der Waals surface area contributed by atoms with Crippen molar-refractivity contribution in [3.63, 3.8) is 0 Å². The van der Waals surface area contributed by atoms with E-state index in [1.165, 1.54) is 18.9 Å². The van der Waals surface area contributed by atoms with Gasteiger partial charge in [-0.1, -0.05) is 0 Å². The highest BCUT2D eigenvalue weighted by Gasteiger charge is 2.54. The van der Waals surface area contributed by atoms with Gasteiger partial charge in [-0.05, 0) is 123 Å². The molecule has 13 atom stereocenters. The standard InChI is InChI=1S/C45H81N5O17/c1-40(2,3)64-36(53)47-27-18-17-24(20-50(39(56)67-43(10,11)12)21-25-22-59-44(13,14)63-25)60-34(27)62-32-28(48-37(54)65-41(4,5)6)19-26(46)31(29(32)51)61-35-30(52)33(45(15,57)23-58-35)49(16)38(55)66-42(7,8)9/h24-35,51-52,57H,17-23,46H2,1-16H3,(H,47,53)(H,48,54). The van der Waals surface area contributed by atoms with E-state index >= 15 is 0 Å². The molecule has 4 fully saturated rings. The van der Waals surface area contributed by atoms with Crippen LogP contribution in [0.4, 0.5) is 19.2 Å². The van der Waals surface area contributed by atoms with Crippen molar-refractivity contribution in [3.8, 4) is 0 Å². The van der Waals surface area contributed by atoms with Crippen molar-refractivity contribution < 1.29 is 81.9 Å². The number of carbonyl (C=O) groups is 4. The summed E-state index contributed by atoms with van der Waals surface area (Å²) in [5, 5.41) is 41.0. The number of hydrogen-bond acceptors (Lipinski definition) is 18. The first-order valence-corrected chi connectivity index (χ1v) is 23.1. The monoisotopic (exact) mass is 964 g/mol. The lowest BCUT2D eigenvalue weighted by atomic mass is 9.83. The van der Waals surface area contributed by atoms with Crippen LogP contribution in [0.25, 0.3) is 0 Å². The van der Waals surface area contributed by atoms with Gasteiger partial charge in [-0.25, -0.2) is 19.2 Å². The van der Waals surface area contributed by atoms with Crippen LogP contribution in [-0.2, 0) is 47.4 Å². The highest BCUT2D eigenvalue weighted by molar-refractivity contribution is 5.69. The predicted molar refractivity (Wildman–Crippen MR) is 239 cm³/mol. The summed E-state index contributed by atoms with van der Waals surface area (Å²) in [5.41, 5.74) is 1.42.